The van der Waals surface area contributed by atoms with Crippen LogP contribution < -0.4 is 10.2 Å². The fraction of sp³-hybridized carbons (Fsp3) is 0.429. The van der Waals surface area contributed by atoms with Crippen LogP contribution in [0.5, 0.6) is 0 Å². The van der Waals surface area contributed by atoms with Gasteiger partial charge in [-0.15, -0.1) is 0 Å². The molecule has 1 aromatic heterocycles. The van der Waals surface area contributed by atoms with E-state index in [-0.39, 0.29) is 11.9 Å². The Labute approximate surface area is 156 Å². The van der Waals surface area contributed by atoms with Gasteiger partial charge in [0.1, 0.15) is 0 Å². The Morgan fingerprint density at radius 1 is 1.15 bits per heavy atom. The van der Waals surface area contributed by atoms with E-state index < -0.39 is 0 Å². The number of aromatic nitrogens is 1. The van der Waals surface area contributed by atoms with Crippen molar-refractivity contribution < 1.29 is 4.79 Å². The molecule has 1 atom stereocenters. The monoisotopic (exact) mass is 352 g/mol. The summed E-state index contributed by atoms with van der Waals surface area (Å²) in [4.78, 5) is 21.4. The number of piperazine rings is 1. The predicted octanol–water partition coefficient (Wildman–Crippen LogP) is 2.93. The smallest absolute Gasteiger partial charge is 0.253 e. The SMILES string of the molecule is CCC(C)NC(=O)c1cncc(N2CCN(Cc3ccccc3)CC2)c1. The summed E-state index contributed by atoms with van der Waals surface area (Å²) < 4.78 is 0. The Kier molecular flexibility index (Phi) is 6.23. The molecule has 0 aliphatic carbocycles. The van der Waals surface area contributed by atoms with Crippen LogP contribution in [0.25, 0.3) is 0 Å². The van der Waals surface area contributed by atoms with E-state index in [1.165, 1.54) is 5.56 Å². The molecular formula is C21H28N4O. The second kappa shape index (κ2) is 8.81. The van der Waals surface area contributed by atoms with Crippen molar-refractivity contribution in [1.82, 2.24) is 15.2 Å². The van der Waals surface area contributed by atoms with Gasteiger partial charge in [0, 0.05) is 45.0 Å². The molecule has 1 saturated heterocycles. The lowest BCUT2D eigenvalue weighted by atomic mass is 10.1. The largest absolute Gasteiger partial charge is 0.368 e. The fourth-order valence-electron chi connectivity index (χ4n) is 3.14. The molecule has 138 valence electrons. The molecule has 1 aliphatic rings. The first kappa shape index (κ1) is 18.4. The first-order valence-electron chi connectivity index (χ1n) is 9.43. The van der Waals surface area contributed by atoms with Gasteiger partial charge in [0.05, 0.1) is 17.4 Å². The summed E-state index contributed by atoms with van der Waals surface area (Å²) in [6.07, 6.45) is 4.42. The quantitative estimate of drug-likeness (QED) is 0.868. The van der Waals surface area contributed by atoms with Crippen LogP contribution in [0.4, 0.5) is 5.69 Å². The number of hydrogen-bond donors (Lipinski definition) is 1. The molecular weight excluding hydrogens is 324 g/mol. The van der Waals surface area contributed by atoms with Gasteiger partial charge >= 0.3 is 0 Å². The number of anilines is 1. The molecule has 1 N–H and O–H groups in total. The van der Waals surface area contributed by atoms with Crippen LogP contribution in [0.1, 0.15) is 36.2 Å². The van der Waals surface area contributed by atoms with E-state index in [1.807, 2.05) is 19.2 Å². The van der Waals surface area contributed by atoms with Crippen LogP contribution in [-0.2, 0) is 6.54 Å². The molecule has 0 bridgehead atoms. The number of nitrogens with zero attached hydrogens (tertiary/aromatic N) is 3. The van der Waals surface area contributed by atoms with Gasteiger partial charge in [0.2, 0.25) is 0 Å². The molecule has 1 unspecified atom stereocenters. The molecule has 2 heterocycles. The van der Waals surface area contributed by atoms with Crippen LogP contribution in [-0.4, -0.2) is 48.0 Å². The van der Waals surface area contributed by atoms with Crippen molar-refractivity contribution in [1.29, 1.82) is 0 Å². The number of carbonyl (C=O) groups excluding carboxylic acids is 1. The third kappa shape index (κ3) is 4.82. The number of nitrogens with one attached hydrogen (secondary N) is 1. The first-order chi connectivity index (χ1) is 12.7. The van der Waals surface area contributed by atoms with Gasteiger partial charge in [-0.25, -0.2) is 0 Å². The average Bonchev–Trinajstić information content (AvgIpc) is 2.69. The lowest BCUT2D eigenvalue weighted by molar-refractivity contribution is 0.0939. The van der Waals surface area contributed by atoms with Gasteiger partial charge in [-0.3, -0.25) is 14.7 Å². The molecule has 5 heteroatoms. The highest BCUT2D eigenvalue weighted by atomic mass is 16.1. The molecule has 5 nitrogen and oxygen atoms in total. The van der Waals surface area contributed by atoms with E-state index in [0.29, 0.717) is 5.56 Å². The van der Waals surface area contributed by atoms with Gasteiger partial charge in [0.25, 0.3) is 5.91 Å². The zero-order chi connectivity index (χ0) is 18.4. The molecule has 1 aromatic carbocycles. The number of benzene rings is 1. The topological polar surface area (TPSA) is 48.5 Å². The van der Waals surface area contributed by atoms with E-state index in [4.69, 9.17) is 0 Å². The van der Waals surface area contributed by atoms with Crippen molar-refractivity contribution in [2.24, 2.45) is 0 Å². The fourth-order valence-corrected chi connectivity index (χ4v) is 3.14. The lowest BCUT2D eigenvalue weighted by Gasteiger charge is -2.36. The number of carbonyl (C=O) groups is 1. The average molecular weight is 352 g/mol. The second-order valence-electron chi connectivity index (χ2n) is 6.96. The van der Waals surface area contributed by atoms with E-state index in [9.17, 15) is 4.79 Å². The van der Waals surface area contributed by atoms with E-state index in [1.54, 1.807) is 6.20 Å². The van der Waals surface area contributed by atoms with Crippen molar-refractivity contribution in [3.63, 3.8) is 0 Å². The molecule has 1 amide bonds. The number of amides is 1. The van der Waals surface area contributed by atoms with Crippen LogP contribution in [0.15, 0.2) is 48.8 Å². The summed E-state index contributed by atoms with van der Waals surface area (Å²) >= 11 is 0. The van der Waals surface area contributed by atoms with Crippen molar-refractivity contribution in [2.75, 3.05) is 31.1 Å². The zero-order valence-electron chi connectivity index (χ0n) is 15.7. The summed E-state index contributed by atoms with van der Waals surface area (Å²) in [5, 5.41) is 3.00. The van der Waals surface area contributed by atoms with Crippen molar-refractivity contribution >= 4 is 11.6 Å². The summed E-state index contributed by atoms with van der Waals surface area (Å²) in [5.74, 6) is -0.0450. The Balaban J connectivity index is 1.57. The number of rotatable bonds is 6. The highest BCUT2D eigenvalue weighted by molar-refractivity contribution is 5.94. The maximum atomic E-state index is 12.3. The van der Waals surface area contributed by atoms with E-state index in [0.717, 1.165) is 44.8 Å². The molecule has 0 saturated carbocycles. The van der Waals surface area contributed by atoms with E-state index >= 15 is 0 Å². The Hall–Kier alpha value is -2.40. The minimum absolute atomic E-state index is 0.0450. The van der Waals surface area contributed by atoms with E-state index in [2.05, 4.69) is 57.4 Å². The lowest BCUT2D eigenvalue weighted by Crippen LogP contribution is -2.46. The third-order valence-corrected chi connectivity index (χ3v) is 4.96. The number of pyridine rings is 1. The van der Waals surface area contributed by atoms with Crippen LogP contribution in [0.2, 0.25) is 0 Å². The van der Waals surface area contributed by atoms with Gasteiger partial charge in [-0.2, -0.15) is 0 Å². The number of hydrogen-bond acceptors (Lipinski definition) is 4. The highest BCUT2D eigenvalue weighted by Crippen LogP contribution is 2.18. The van der Waals surface area contributed by atoms with Crippen molar-refractivity contribution in [3.05, 3.63) is 59.9 Å². The minimum atomic E-state index is -0.0450. The van der Waals surface area contributed by atoms with Crippen molar-refractivity contribution in [3.8, 4) is 0 Å². The molecule has 1 aliphatic heterocycles. The zero-order valence-corrected chi connectivity index (χ0v) is 15.7. The maximum absolute atomic E-state index is 12.3. The summed E-state index contributed by atoms with van der Waals surface area (Å²) in [7, 11) is 0. The van der Waals surface area contributed by atoms with Gasteiger partial charge in [0.15, 0.2) is 0 Å². The molecule has 26 heavy (non-hydrogen) atoms. The first-order valence-corrected chi connectivity index (χ1v) is 9.43. The Morgan fingerprint density at radius 3 is 2.58 bits per heavy atom. The molecule has 1 fully saturated rings. The summed E-state index contributed by atoms with van der Waals surface area (Å²) in [6, 6.07) is 12.7. The standard InChI is InChI=1S/C21H28N4O/c1-3-17(2)23-21(26)19-13-20(15-22-14-19)25-11-9-24(10-12-25)16-18-7-5-4-6-8-18/h4-8,13-15,17H,3,9-12,16H2,1-2H3,(H,23,26). The van der Waals surface area contributed by atoms with Gasteiger partial charge in [-0.05, 0) is 25.0 Å². The van der Waals surface area contributed by atoms with Crippen LogP contribution in [0.3, 0.4) is 0 Å². The third-order valence-electron chi connectivity index (χ3n) is 4.96. The molecule has 2 aromatic rings. The van der Waals surface area contributed by atoms with Crippen LogP contribution >= 0.6 is 0 Å². The highest BCUT2D eigenvalue weighted by Gasteiger charge is 2.19. The maximum Gasteiger partial charge on any atom is 0.253 e. The normalized spacial score (nSPS) is 16.3. The second-order valence-corrected chi connectivity index (χ2v) is 6.96. The molecule has 0 radical (unpaired) electrons. The predicted molar refractivity (Wildman–Crippen MR) is 105 cm³/mol. The van der Waals surface area contributed by atoms with Gasteiger partial charge in [-0.1, -0.05) is 37.3 Å². The minimum Gasteiger partial charge on any atom is -0.368 e. The summed E-state index contributed by atoms with van der Waals surface area (Å²) in [5.41, 5.74) is 3.02. The molecule has 0 spiro atoms. The van der Waals surface area contributed by atoms with Crippen LogP contribution in [0, 0.1) is 0 Å². The van der Waals surface area contributed by atoms with Gasteiger partial charge < -0.3 is 10.2 Å². The van der Waals surface area contributed by atoms with Crippen molar-refractivity contribution in [2.45, 2.75) is 32.9 Å². The Bertz CT molecular complexity index is 711. The Morgan fingerprint density at radius 2 is 1.88 bits per heavy atom. The molecule has 3 rings (SSSR count). The summed E-state index contributed by atoms with van der Waals surface area (Å²) in [6.45, 7) is 8.99.